The number of aromatic nitrogens is 2. The summed E-state index contributed by atoms with van der Waals surface area (Å²) in [5.74, 6) is 1.01. The Balaban J connectivity index is 2.11. The number of hydrogen-bond acceptors (Lipinski definition) is 2. The molecule has 2 heterocycles. The Bertz CT molecular complexity index is 652. The van der Waals surface area contributed by atoms with E-state index >= 15 is 0 Å². The molecule has 3 rings (SSSR count). The van der Waals surface area contributed by atoms with Gasteiger partial charge in [-0.25, -0.2) is 4.98 Å². The number of nitrogens with one attached hydrogen (secondary N) is 1. The lowest BCUT2D eigenvalue weighted by atomic mass is 10.1. The molecule has 0 aliphatic carbocycles. The van der Waals surface area contributed by atoms with Crippen molar-refractivity contribution in [3.8, 4) is 0 Å². The predicted octanol–water partition coefficient (Wildman–Crippen LogP) is 3.10. The summed E-state index contributed by atoms with van der Waals surface area (Å²) in [5, 5.41) is 2.78. The zero-order chi connectivity index (χ0) is 14.3. The van der Waals surface area contributed by atoms with Crippen molar-refractivity contribution in [2.75, 3.05) is 6.54 Å². The number of hydrogen-bond donors (Lipinski definition) is 1. The molecular formula is C15H18ClN3O. The summed E-state index contributed by atoms with van der Waals surface area (Å²) in [6.07, 6.45) is 1.40. The standard InChI is InChI=1S/C15H18ClN3O/c1-9-3-5-13-12(7-9)18-15(10(2)16)19(13)11-4-6-14(20)17-8-11/h3,5,7,10-11H,4,6,8H2,1-2H3,(H,17,20). The van der Waals surface area contributed by atoms with Gasteiger partial charge in [0.2, 0.25) is 5.91 Å². The van der Waals surface area contributed by atoms with Gasteiger partial charge >= 0.3 is 0 Å². The van der Waals surface area contributed by atoms with Crippen molar-refractivity contribution in [3.63, 3.8) is 0 Å². The predicted molar refractivity (Wildman–Crippen MR) is 80.0 cm³/mol. The number of benzene rings is 1. The first-order valence-corrected chi connectivity index (χ1v) is 7.39. The van der Waals surface area contributed by atoms with E-state index in [1.165, 1.54) is 5.56 Å². The second kappa shape index (κ2) is 5.09. The Hall–Kier alpha value is -1.55. The number of alkyl halides is 1. The Morgan fingerprint density at radius 3 is 2.95 bits per heavy atom. The molecule has 1 amide bonds. The molecule has 5 heteroatoms. The Kier molecular flexibility index (Phi) is 3.42. The largest absolute Gasteiger partial charge is 0.354 e. The van der Waals surface area contributed by atoms with Gasteiger partial charge in [-0.1, -0.05) is 6.07 Å². The lowest BCUT2D eigenvalue weighted by Gasteiger charge is -2.26. The number of carbonyl (C=O) groups is 1. The minimum Gasteiger partial charge on any atom is -0.354 e. The van der Waals surface area contributed by atoms with Gasteiger partial charge in [0.05, 0.1) is 22.5 Å². The van der Waals surface area contributed by atoms with Crippen LogP contribution in [-0.2, 0) is 4.79 Å². The molecule has 0 saturated carbocycles. The van der Waals surface area contributed by atoms with E-state index in [2.05, 4.69) is 40.0 Å². The number of carbonyl (C=O) groups excluding carboxylic acids is 1. The van der Waals surface area contributed by atoms with Gasteiger partial charge in [0, 0.05) is 13.0 Å². The maximum absolute atomic E-state index is 11.3. The van der Waals surface area contributed by atoms with Crippen LogP contribution < -0.4 is 5.32 Å². The lowest BCUT2D eigenvalue weighted by molar-refractivity contribution is -0.122. The number of fused-ring (bicyclic) bond motifs is 1. The van der Waals surface area contributed by atoms with Crippen LogP contribution in [0.3, 0.4) is 0 Å². The van der Waals surface area contributed by atoms with Crippen molar-refractivity contribution in [2.24, 2.45) is 0 Å². The highest BCUT2D eigenvalue weighted by Gasteiger charge is 2.25. The minimum atomic E-state index is -0.152. The quantitative estimate of drug-likeness (QED) is 0.864. The van der Waals surface area contributed by atoms with Crippen molar-refractivity contribution >= 4 is 28.5 Å². The number of amides is 1. The number of imidazole rings is 1. The van der Waals surface area contributed by atoms with E-state index in [1.54, 1.807) is 0 Å². The molecule has 1 aromatic carbocycles. The fourth-order valence-electron chi connectivity index (χ4n) is 2.83. The van der Waals surface area contributed by atoms with Crippen LogP contribution >= 0.6 is 11.6 Å². The molecule has 1 aromatic heterocycles. The van der Waals surface area contributed by atoms with Crippen molar-refractivity contribution in [1.29, 1.82) is 0 Å². The summed E-state index contributed by atoms with van der Waals surface area (Å²) in [4.78, 5) is 16.0. The first-order valence-electron chi connectivity index (χ1n) is 6.95. The Labute approximate surface area is 123 Å². The molecule has 0 radical (unpaired) electrons. The van der Waals surface area contributed by atoms with Gasteiger partial charge in [0.15, 0.2) is 0 Å². The fourth-order valence-corrected chi connectivity index (χ4v) is 2.99. The monoisotopic (exact) mass is 291 g/mol. The van der Waals surface area contributed by atoms with E-state index in [0.29, 0.717) is 13.0 Å². The molecule has 0 spiro atoms. The summed E-state index contributed by atoms with van der Waals surface area (Å²) < 4.78 is 2.20. The average Bonchev–Trinajstić information content (AvgIpc) is 2.78. The molecule has 1 saturated heterocycles. The second-order valence-electron chi connectivity index (χ2n) is 5.44. The van der Waals surface area contributed by atoms with Gasteiger partial charge in [0.25, 0.3) is 0 Å². The smallest absolute Gasteiger partial charge is 0.220 e. The molecule has 1 aliphatic heterocycles. The van der Waals surface area contributed by atoms with E-state index in [0.717, 1.165) is 23.3 Å². The fraction of sp³-hybridized carbons (Fsp3) is 0.467. The van der Waals surface area contributed by atoms with Crippen LogP contribution in [0.4, 0.5) is 0 Å². The second-order valence-corrected chi connectivity index (χ2v) is 6.10. The zero-order valence-electron chi connectivity index (χ0n) is 11.7. The summed E-state index contributed by atoms with van der Waals surface area (Å²) >= 11 is 6.30. The molecule has 1 N–H and O–H groups in total. The third-order valence-electron chi connectivity index (χ3n) is 3.83. The van der Waals surface area contributed by atoms with Crippen LogP contribution in [0.1, 0.15) is 42.6 Å². The molecule has 2 atom stereocenters. The summed E-state index contributed by atoms with van der Waals surface area (Å²) in [6, 6.07) is 6.49. The zero-order valence-corrected chi connectivity index (χ0v) is 12.4. The van der Waals surface area contributed by atoms with Crippen LogP contribution in [0.15, 0.2) is 18.2 Å². The highest BCUT2D eigenvalue weighted by Crippen LogP contribution is 2.31. The molecular weight excluding hydrogens is 274 g/mol. The van der Waals surface area contributed by atoms with Crippen molar-refractivity contribution in [2.45, 2.75) is 38.1 Å². The van der Waals surface area contributed by atoms with Crippen LogP contribution in [0.2, 0.25) is 0 Å². The van der Waals surface area contributed by atoms with Crippen LogP contribution in [0.5, 0.6) is 0 Å². The minimum absolute atomic E-state index is 0.127. The first-order chi connectivity index (χ1) is 9.56. The third kappa shape index (κ3) is 2.29. The van der Waals surface area contributed by atoms with Crippen LogP contribution in [0.25, 0.3) is 11.0 Å². The SMILES string of the molecule is Cc1ccc2c(c1)nc(C(C)Cl)n2C1CCC(=O)NC1. The van der Waals surface area contributed by atoms with Gasteiger partial charge in [-0.15, -0.1) is 11.6 Å². The molecule has 0 bridgehead atoms. The number of piperidine rings is 1. The van der Waals surface area contributed by atoms with Gasteiger partial charge < -0.3 is 9.88 Å². The Morgan fingerprint density at radius 1 is 1.50 bits per heavy atom. The molecule has 1 fully saturated rings. The van der Waals surface area contributed by atoms with Crippen molar-refractivity contribution < 1.29 is 4.79 Å². The number of aryl methyl sites for hydroxylation is 1. The summed E-state index contributed by atoms with van der Waals surface area (Å²) in [5.41, 5.74) is 3.26. The van der Waals surface area contributed by atoms with E-state index in [-0.39, 0.29) is 17.3 Å². The average molecular weight is 292 g/mol. The van der Waals surface area contributed by atoms with E-state index in [1.807, 2.05) is 6.92 Å². The number of rotatable bonds is 2. The maximum Gasteiger partial charge on any atom is 0.220 e. The topological polar surface area (TPSA) is 46.9 Å². The maximum atomic E-state index is 11.3. The van der Waals surface area contributed by atoms with E-state index in [4.69, 9.17) is 11.6 Å². The van der Waals surface area contributed by atoms with Gasteiger partial charge in [0.1, 0.15) is 5.82 Å². The highest BCUT2D eigenvalue weighted by molar-refractivity contribution is 6.20. The Morgan fingerprint density at radius 2 is 2.30 bits per heavy atom. The number of nitrogens with zero attached hydrogens (tertiary/aromatic N) is 2. The normalized spacial score (nSPS) is 20.9. The molecule has 106 valence electrons. The first kappa shape index (κ1) is 13.4. The summed E-state index contributed by atoms with van der Waals surface area (Å²) in [6.45, 7) is 4.64. The lowest BCUT2D eigenvalue weighted by Crippen LogP contribution is -2.36. The summed E-state index contributed by atoms with van der Waals surface area (Å²) in [7, 11) is 0. The molecule has 2 aromatic rings. The molecule has 20 heavy (non-hydrogen) atoms. The van der Waals surface area contributed by atoms with E-state index in [9.17, 15) is 4.79 Å². The van der Waals surface area contributed by atoms with Gasteiger partial charge in [-0.05, 0) is 38.0 Å². The number of halogens is 1. The highest BCUT2D eigenvalue weighted by atomic mass is 35.5. The third-order valence-corrected chi connectivity index (χ3v) is 4.03. The van der Waals surface area contributed by atoms with Crippen molar-refractivity contribution in [3.05, 3.63) is 29.6 Å². The molecule has 1 aliphatic rings. The van der Waals surface area contributed by atoms with Gasteiger partial charge in [-0.2, -0.15) is 0 Å². The van der Waals surface area contributed by atoms with Gasteiger partial charge in [-0.3, -0.25) is 4.79 Å². The van der Waals surface area contributed by atoms with Crippen LogP contribution in [-0.4, -0.2) is 22.0 Å². The van der Waals surface area contributed by atoms with Crippen molar-refractivity contribution in [1.82, 2.24) is 14.9 Å². The van der Waals surface area contributed by atoms with E-state index < -0.39 is 0 Å². The van der Waals surface area contributed by atoms with Crippen LogP contribution in [0, 0.1) is 6.92 Å². The molecule has 2 unspecified atom stereocenters. The molecule has 4 nitrogen and oxygen atoms in total.